The van der Waals surface area contributed by atoms with E-state index in [0.717, 1.165) is 34.9 Å². The second kappa shape index (κ2) is 4.00. The smallest absolute Gasteiger partial charge is 0.229 e. The van der Waals surface area contributed by atoms with Gasteiger partial charge in [-0.1, -0.05) is 17.7 Å². The first-order valence-electron chi connectivity index (χ1n) is 5.55. The Kier molecular flexibility index (Phi) is 2.60. The van der Waals surface area contributed by atoms with Crippen molar-refractivity contribution in [3.8, 4) is 5.69 Å². The summed E-state index contributed by atoms with van der Waals surface area (Å²) in [4.78, 5) is 0. The third-order valence-electron chi connectivity index (χ3n) is 3.07. The van der Waals surface area contributed by atoms with Crippen molar-refractivity contribution in [1.82, 2.24) is 14.8 Å². The largest absolute Gasteiger partial charge is 0.269 e. The summed E-state index contributed by atoms with van der Waals surface area (Å²) in [6, 6.07) is 5.77. The maximum absolute atomic E-state index is 6.13. The third kappa shape index (κ3) is 1.83. The van der Waals surface area contributed by atoms with E-state index in [0.29, 0.717) is 11.2 Å². The summed E-state index contributed by atoms with van der Waals surface area (Å²) >= 11 is 12.3. The second-order valence-corrected chi connectivity index (χ2v) is 5.07. The standard InChI is InChI=1S/C12H11Cl2N3/c1-7-9(13)3-2-4-10(7)17-11(8-5-6-8)15-16-12(17)14/h2-4,8H,5-6H2,1H3. The zero-order chi connectivity index (χ0) is 12.0. The minimum atomic E-state index is 0.400. The van der Waals surface area contributed by atoms with Gasteiger partial charge in [0.25, 0.3) is 0 Å². The fourth-order valence-electron chi connectivity index (χ4n) is 1.94. The number of rotatable bonds is 2. The molecule has 1 aliphatic carbocycles. The van der Waals surface area contributed by atoms with E-state index in [4.69, 9.17) is 23.2 Å². The molecule has 0 N–H and O–H groups in total. The lowest BCUT2D eigenvalue weighted by molar-refractivity contribution is 0.868. The van der Waals surface area contributed by atoms with Crippen LogP contribution >= 0.6 is 23.2 Å². The van der Waals surface area contributed by atoms with Gasteiger partial charge in [-0.3, -0.25) is 4.57 Å². The Hall–Kier alpha value is -1.06. The van der Waals surface area contributed by atoms with E-state index in [1.165, 1.54) is 0 Å². The summed E-state index contributed by atoms with van der Waals surface area (Å²) < 4.78 is 1.90. The quantitative estimate of drug-likeness (QED) is 0.830. The molecule has 0 spiro atoms. The van der Waals surface area contributed by atoms with Crippen LogP contribution in [0.25, 0.3) is 5.69 Å². The summed E-state index contributed by atoms with van der Waals surface area (Å²) in [5, 5.41) is 9.25. The topological polar surface area (TPSA) is 30.7 Å². The number of hydrogen-bond acceptors (Lipinski definition) is 2. The van der Waals surface area contributed by atoms with Gasteiger partial charge in [0, 0.05) is 10.9 Å². The molecule has 1 saturated carbocycles. The Morgan fingerprint density at radius 3 is 2.71 bits per heavy atom. The molecule has 3 nitrogen and oxygen atoms in total. The molecule has 0 unspecified atom stereocenters. The molecule has 5 heteroatoms. The van der Waals surface area contributed by atoms with Crippen molar-refractivity contribution in [3.05, 3.63) is 39.9 Å². The zero-order valence-corrected chi connectivity index (χ0v) is 10.8. The van der Waals surface area contributed by atoms with Crippen LogP contribution in [0.4, 0.5) is 0 Å². The molecule has 0 aliphatic heterocycles. The predicted molar refractivity (Wildman–Crippen MR) is 68.1 cm³/mol. The molecule has 0 radical (unpaired) electrons. The Morgan fingerprint density at radius 2 is 2.00 bits per heavy atom. The normalized spacial score (nSPS) is 15.2. The minimum Gasteiger partial charge on any atom is -0.269 e. The highest BCUT2D eigenvalue weighted by molar-refractivity contribution is 6.31. The maximum Gasteiger partial charge on any atom is 0.229 e. The summed E-state index contributed by atoms with van der Waals surface area (Å²) in [5.74, 6) is 1.44. The van der Waals surface area contributed by atoms with E-state index in [9.17, 15) is 0 Å². The van der Waals surface area contributed by atoms with Gasteiger partial charge < -0.3 is 0 Å². The number of nitrogens with zero attached hydrogens (tertiary/aromatic N) is 3. The highest BCUT2D eigenvalue weighted by Gasteiger charge is 2.31. The Balaban J connectivity index is 2.20. The molecular formula is C12H11Cl2N3. The summed E-state index contributed by atoms with van der Waals surface area (Å²) in [7, 11) is 0. The van der Waals surface area contributed by atoms with Crippen molar-refractivity contribution in [2.24, 2.45) is 0 Å². The Labute approximate surface area is 109 Å². The van der Waals surface area contributed by atoms with Gasteiger partial charge in [-0.2, -0.15) is 0 Å². The lowest BCUT2D eigenvalue weighted by Gasteiger charge is -2.11. The van der Waals surface area contributed by atoms with Gasteiger partial charge in [0.05, 0.1) is 5.69 Å². The first kappa shape index (κ1) is 11.1. The van der Waals surface area contributed by atoms with Crippen LogP contribution in [0.2, 0.25) is 10.3 Å². The Morgan fingerprint density at radius 1 is 1.24 bits per heavy atom. The van der Waals surface area contributed by atoms with Crippen molar-refractivity contribution in [2.75, 3.05) is 0 Å². The molecule has 1 fully saturated rings. The molecule has 1 aromatic heterocycles. The highest BCUT2D eigenvalue weighted by Crippen LogP contribution is 2.41. The predicted octanol–water partition coefficient (Wildman–Crippen LogP) is 3.76. The average Bonchev–Trinajstić information content (AvgIpc) is 3.08. The number of halogens is 2. The lowest BCUT2D eigenvalue weighted by atomic mass is 10.2. The molecule has 88 valence electrons. The van der Waals surface area contributed by atoms with Crippen LogP contribution in [-0.2, 0) is 0 Å². The maximum atomic E-state index is 6.13. The minimum absolute atomic E-state index is 0.400. The van der Waals surface area contributed by atoms with Crippen LogP contribution in [0.5, 0.6) is 0 Å². The van der Waals surface area contributed by atoms with Gasteiger partial charge in [0.1, 0.15) is 5.82 Å². The average molecular weight is 268 g/mol. The molecule has 0 saturated heterocycles. The van der Waals surface area contributed by atoms with Gasteiger partial charge in [-0.05, 0) is 49.1 Å². The highest BCUT2D eigenvalue weighted by atomic mass is 35.5. The first-order valence-corrected chi connectivity index (χ1v) is 6.30. The van der Waals surface area contributed by atoms with Crippen molar-refractivity contribution in [1.29, 1.82) is 0 Å². The molecule has 0 amide bonds. The third-order valence-corrected chi connectivity index (χ3v) is 3.73. The van der Waals surface area contributed by atoms with Crippen molar-refractivity contribution >= 4 is 23.2 Å². The molecule has 1 aliphatic rings. The van der Waals surface area contributed by atoms with Crippen LogP contribution in [0.3, 0.4) is 0 Å². The molecule has 2 aromatic rings. The number of aromatic nitrogens is 3. The van der Waals surface area contributed by atoms with Crippen LogP contribution in [0.15, 0.2) is 18.2 Å². The van der Waals surface area contributed by atoms with E-state index >= 15 is 0 Å². The molecule has 1 aromatic carbocycles. The summed E-state index contributed by atoms with van der Waals surface area (Å²) in [6.07, 6.45) is 2.32. The van der Waals surface area contributed by atoms with Gasteiger partial charge >= 0.3 is 0 Å². The zero-order valence-electron chi connectivity index (χ0n) is 9.32. The monoisotopic (exact) mass is 267 g/mol. The van der Waals surface area contributed by atoms with Gasteiger partial charge in [0.15, 0.2) is 0 Å². The van der Waals surface area contributed by atoms with Gasteiger partial charge in [-0.25, -0.2) is 0 Å². The second-order valence-electron chi connectivity index (χ2n) is 4.32. The molecule has 0 atom stereocenters. The van der Waals surface area contributed by atoms with Gasteiger partial charge in [0.2, 0.25) is 5.28 Å². The fourth-order valence-corrected chi connectivity index (χ4v) is 2.33. The molecule has 3 rings (SSSR count). The van der Waals surface area contributed by atoms with Crippen molar-refractivity contribution in [2.45, 2.75) is 25.7 Å². The number of hydrogen-bond donors (Lipinski definition) is 0. The summed E-state index contributed by atoms with van der Waals surface area (Å²) in [6.45, 7) is 1.98. The van der Waals surface area contributed by atoms with E-state index < -0.39 is 0 Å². The Bertz CT molecular complexity index is 573. The van der Waals surface area contributed by atoms with E-state index in [1.54, 1.807) is 0 Å². The summed E-state index contributed by atoms with van der Waals surface area (Å²) in [5.41, 5.74) is 1.96. The van der Waals surface area contributed by atoms with Crippen LogP contribution in [0.1, 0.15) is 30.1 Å². The van der Waals surface area contributed by atoms with E-state index in [2.05, 4.69) is 10.2 Å². The van der Waals surface area contributed by atoms with Crippen molar-refractivity contribution < 1.29 is 0 Å². The first-order chi connectivity index (χ1) is 8.18. The molecule has 0 bridgehead atoms. The molecule has 1 heterocycles. The SMILES string of the molecule is Cc1c(Cl)cccc1-n1c(Cl)nnc1C1CC1. The van der Waals surface area contributed by atoms with E-state index in [-0.39, 0.29) is 0 Å². The van der Waals surface area contributed by atoms with Gasteiger partial charge in [-0.15, -0.1) is 10.2 Å². The lowest BCUT2D eigenvalue weighted by Crippen LogP contribution is -2.02. The van der Waals surface area contributed by atoms with Crippen LogP contribution in [-0.4, -0.2) is 14.8 Å². The van der Waals surface area contributed by atoms with Crippen molar-refractivity contribution in [3.63, 3.8) is 0 Å². The molecular weight excluding hydrogens is 257 g/mol. The number of benzene rings is 1. The van der Waals surface area contributed by atoms with Crippen LogP contribution in [0, 0.1) is 6.92 Å². The van der Waals surface area contributed by atoms with E-state index in [1.807, 2.05) is 29.7 Å². The van der Waals surface area contributed by atoms with Crippen LogP contribution < -0.4 is 0 Å². The molecule has 17 heavy (non-hydrogen) atoms. The fraction of sp³-hybridized carbons (Fsp3) is 0.333.